The molecule has 1 amide bonds. The summed E-state index contributed by atoms with van der Waals surface area (Å²) in [7, 11) is 0. The SMILES string of the molecule is Cc1cc(C)cc(NC(=O)c2cc3cc(Br)ccc3oc2=N)c1. The molecule has 4 nitrogen and oxygen atoms in total. The number of hydrogen-bond donors (Lipinski definition) is 2. The molecular weight excluding hydrogens is 356 g/mol. The maximum atomic E-state index is 12.5. The maximum absolute atomic E-state index is 12.5. The van der Waals surface area contributed by atoms with Crippen LogP contribution in [0.5, 0.6) is 0 Å². The Morgan fingerprint density at radius 2 is 1.78 bits per heavy atom. The van der Waals surface area contributed by atoms with Crippen LogP contribution in [-0.4, -0.2) is 5.91 Å². The van der Waals surface area contributed by atoms with Crippen molar-refractivity contribution in [3.8, 4) is 0 Å². The van der Waals surface area contributed by atoms with Crippen molar-refractivity contribution in [2.24, 2.45) is 0 Å². The second-order valence-electron chi connectivity index (χ2n) is 5.50. The second kappa shape index (κ2) is 6.01. The van der Waals surface area contributed by atoms with E-state index >= 15 is 0 Å². The topological polar surface area (TPSA) is 66.1 Å². The van der Waals surface area contributed by atoms with E-state index in [2.05, 4.69) is 21.2 Å². The predicted molar refractivity (Wildman–Crippen MR) is 93.6 cm³/mol. The summed E-state index contributed by atoms with van der Waals surface area (Å²) in [5, 5.41) is 11.5. The monoisotopic (exact) mass is 370 g/mol. The second-order valence-corrected chi connectivity index (χ2v) is 6.42. The van der Waals surface area contributed by atoms with Gasteiger partial charge in [-0.1, -0.05) is 22.0 Å². The van der Waals surface area contributed by atoms with Gasteiger partial charge in [0.1, 0.15) is 11.1 Å². The molecule has 3 aromatic rings. The quantitative estimate of drug-likeness (QED) is 0.694. The average Bonchev–Trinajstić information content (AvgIpc) is 2.45. The number of nitrogens with one attached hydrogen (secondary N) is 2. The Bertz CT molecular complexity index is 956. The van der Waals surface area contributed by atoms with E-state index in [-0.39, 0.29) is 17.0 Å². The lowest BCUT2D eigenvalue weighted by atomic mass is 10.1. The van der Waals surface area contributed by atoms with E-state index in [1.165, 1.54) is 0 Å². The van der Waals surface area contributed by atoms with Gasteiger partial charge in [-0.15, -0.1) is 0 Å². The zero-order valence-corrected chi connectivity index (χ0v) is 14.3. The molecule has 5 heteroatoms. The number of anilines is 1. The van der Waals surface area contributed by atoms with Gasteiger partial charge in [0.15, 0.2) is 0 Å². The predicted octanol–water partition coefficient (Wildman–Crippen LogP) is 4.54. The zero-order valence-electron chi connectivity index (χ0n) is 12.7. The lowest BCUT2D eigenvalue weighted by Crippen LogP contribution is -2.20. The van der Waals surface area contributed by atoms with Crippen LogP contribution < -0.4 is 10.9 Å². The van der Waals surface area contributed by atoms with Gasteiger partial charge in [0, 0.05) is 15.5 Å². The highest BCUT2D eigenvalue weighted by Gasteiger charge is 2.12. The van der Waals surface area contributed by atoms with Crippen LogP contribution in [0.25, 0.3) is 11.0 Å². The van der Waals surface area contributed by atoms with Crippen LogP contribution in [0, 0.1) is 19.3 Å². The Labute approximate surface area is 141 Å². The highest BCUT2D eigenvalue weighted by Crippen LogP contribution is 2.20. The summed E-state index contributed by atoms with van der Waals surface area (Å²) in [4.78, 5) is 12.5. The Balaban J connectivity index is 2.00. The van der Waals surface area contributed by atoms with E-state index in [0.29, 0.717) is 11.3 Å². The van der Waals surface area contributed by atoms with E-state index in [1.807, 2.05) is 44.2 Å². The first-order chi connectivity index (χ1) is 10.9. The molecule has 0 aliphatic carbocycles. The normalized spacial score (nSPS) is 10.7. The lowest BCUT2D eigenvalue weighted by Gasteiger charge is -2.08. The van der Waals surface area contributed by atoms with Gasteiger partial charge in [-0.3, -0.25) is 10.2 Å². The van der Waals surface area contributed by atoms with Crippen LogP contribution in [0.4, 0.5) is 5.69 Å². The Kier molecular flexibility index (Phi) is 4.05. The highest BCUT2D eigenvalue weighted by molar-refractivity contribution is 9.10. The molecule has 0 spiro atoms. The molecular formula is C18H15BrN2O2. The Hall–Kier alpha value is -2.40. The van der Waals surface area contributed by atoms with Crippen molar-refractivity contribution in [3.63, 3.8) is 0 Å². The molecule has 3 rings (SSSR count). The number of amides is 1. The van der Waals surface area contributed by atoms with Gasteiger partial charge < -0.3 is 9.73 Å². The number of carbonyl (C=O) groups is 1. The summed E-state index contributed by atoms with van der Waals surface area (Å²) in [6, 6.07) is 12.9. The molecule has 0 saturated heterocycles. The molecule has 2 aromatic carbocycles. The summed E-state index contributed by atoms with van der Waals surface area (Å²) >= 11 is 3.39. The van der Waals surface area contributed by atoms with Crippen LogP contribution in [0.3, 0.4) is 0 Å². The summed E-state index contributed by atoms with van der Waals surface area (Å²) in [6.07, 6.45) is 0. The van der Waals surface area contributed by atoms with Gasteiger partial charge in [0.25, 0.3) is 5.91 Å². The third-order valence-electron chi connectivity index (χ3n) is 3.45. The summed E-state index contributed by atoms with van der Waals surface area (Å²) in [5.74, 6) is -0.356. The van der Waals surface area contributed by atoms with Crippen LogP contribution in [0.1, 0.15) is 21.5 Å². The van der Waals surface area contributed by atoms with Crippen LogP contribution in [0.2, 0.25) is 0 Å². The lowest BCUT2D eigenvalue weighted by molar-refractivity contribution is 0.102. The average molecular weight is 371 g/mol. The Morgan fingerprint density at radius 1 is 1.09 bits per heavy atom. The van der Waals surface area contributed by atoms with Crippen LogP contribution in [0.15, 0.2) is 51.4 Å². The largest absolute Gasteiger partial charge is 0.438 e. The van der Waals surface area contributed by atoms with Crippen molar-refractivity contribution in [1.82, 2.24) is 0 Å². The minimum atomic E-state index is -0.356. The molecule has 2 N–H and O–H groups in total. The fraction of sp³-hybridized carbons (Fsp3) is 0.111. The van der Waals surface area contributed by atoms with Gasteiger partial charge in [-0.05, 0) is 61.4 Å². The van der Waals surface area contributed by atoms with Gasteiger partial charge in [-0.2, -0.15) is 0 Å². The first-order valence-electron chi connectivity index (χ1n) is 7.10. The summed E-state index contributed by atoms with van der Waals surface area (Å²) in [6.45, 7) is 3.95. The molecule has 0 fully saturated rings. The molecule has 1 aromatic heterocycles. The number of halogens is 1. The fourth-order valence-corrected chi connectivity index (χ4v) is 2.90. The Morgan fingerprint density at radius 3 is 2.48 bits per heavy atom. The van der Waals surface area contributed by atoms with E-state index in [1.54, 1.807) is 12.1 Å². The van der Waals surface area contributed by atoms with Gasteiger partial charge in [-0.25, -0.2) is 0 Å². The molecule has 0 aliphatic rings. The molecule has 1 heterocycles. The summed E-state index contributed by atoms with van der Waals surface area (Å²) in [5.41, 5.74) is 3.47. The molecule has 0 aliphatic heterocycles. The third kappa shape index (κ3) is 3.35. The number of hydrogen-bond acceptors (Lipinski definition) is 3. The molecule has 23 heavy (non-hydrogen) atoms. The minimum absolute atomic E-state index is 0.151. The molecule has 0 saturated carbocycles. The number of rotatable bonds is 2. The first kappa shape index (κ1) is 15.5. The minimum Gasteiger partial charge on any atom is -0.438 e. The van der Waals surface area contributed by atoms with Crippen LogP contribution >= 0.6 is 15.9 Å². The van der Waals surface area contributed by atoms with Crippen molar-refractivity contribution in [2.75, 3.05) is 5.32 Å². The molecule has 116 valence electrons. The van der Waals surface area contributed by atoms with Crippen molar-refractivity contribution >= 4 is 38.5 Å². The highest BCUT2D eigenvalue weighted by atomic mass is 79.9. The molecule has 0 bridgehead atoms. The molecule has 0 radical (unpaired) electrons. The third-order valence-corrected chi connectivity index (χ3v) is 3.95. The smallest absolute Gasteiger partial charge is 0.261 e. The van der Waals surface area contributed by atoms with Gasteiger partial charge in [0.05, 0.1) is 0 Å². The standard InChI is InChI=1S/C18H15BrN2O2/c1-10-5-11(2)7-14(6-10)21-18(22)15-9-12-8-13(19)3-4-16(12)23-17(15)20/h3-9,20H,1-2H3,(H,21,22). The maximum Gasteiger partial charge on any atom is 0.261 e. The number of fused-ring (bicyclic) bond motifs is 1. The van der Waals surface area contributed by atoms with Crippen molar-refractivity contribution < 1.29 is 9.21 Å². The van der Waals surface area contributed by atoms with Crippen molar-refractivity contribution in [1.29, 1.82) is 5.41 Å². The summed E-state index contributed by atoms with van der Waals surface area (Å²) < 4.78 is 6.33. The fourth-order valence-electron chi connectivity index (χ4n) is 2.52. The number of benzene rings is 2. The number of aryl methyl sites for hydroxylation is 2. The van der Waals surface area contributed by atoms with E-state index in [0.717, 1.165) is 21.0 Å². The van der Waals surface area contributed by atoms with Crippen molar-refractivity contribution in [3.05, 3.63) is 69.2 Å². The first-order valence-corrected chi connectivity index (χ1v) is 7.89. The van der Waals surface area contributed by atoms with E-state index in [9.17, 15) is 4.79 Å². The van der Waals surface area contributed by atoms with Crippen molar-refractivity contribution in [2.45, 2.75) is 13.8 Å². The van der Waals surface area contributed by atoms with E-state index < -0.39 is 0 Å². The molecule has 0 atom stereocenters. The van der Waals surface area contributed by atoms with Gasteiger partial charge >= 0.3 is 0 Å². The van der Waals surface area contributed by atoms with E-state index in [4.69, 9.17) is 9.83 Å². The zero-order chi connectivity index (χ0) is 16.6. The number of carbonyl (C=O) groups excluding carboxylic acids is 1. The molecule has 0 unspecified atom stereocenters. The van der Waals surface area contributed by atoms with Gasteiger partial charge in [0.2, 0.25) is 5.55 Å². The van der Waals surface area contributed by atoms with Crippen LogP contribution in [-0.2, 0) is 0 Å².